The molecule has 28 heavy (non-hydrogen) atoms. The topological polar surface area (TPSA) is 25.8 Å². The molecule has 1 aromatic heterocycles. The van der Waals surface area contributed by atoms with Crippen molar-refractivity contribution in [2.45, 2.75) is 36.6 Å². The summed E-state index contributed by atoms with van der Waals surface area (Å²) in [5.74, 6) is 0.883. The molecule has 0 saturated carbocycles. The zero-order valence-corrected chi connectivity index (χ0v) is 16.6. The molecule has 0 radical (unpaired) electrons. The summed E-state index contributed by atoms with van der Waals surface area (Å²) in [6.45, 7) is 0. The first-order chi connectivity index (χ1) is 13.9. The fourth-order valence-electron chi connectivity index (χ4n) is 4.03. The third kappa shape index (κ3) is 3.43. The monoisotopic (exact) mass is 382 g/mol. The molecule has 1 aliphatic carbocycles. The Morgan fingerprint density at radius 3 is 2.46 bits per heavy atom. The van der Waals surface area contributed by atoms with Crippen LogP contribution in [0.4, 0.5) is 0 Å². The van der Waals surface area contributed by atoms with Crippen LogP contribution in [0.15, 0.2) is 78.0 Å². The molecule has 1 aliphatic rings. The van der Waals surface area contributed by atoms with E-state index < -0.39 is 0 Å². The highest BCUT2D eigenvalue weighted by molar-refractivity contribution is 7.98. The van der Waals surface area contributed by atoms with Crippen LogP contribution in [0, 0.1) is 0 Å². The average Bonchev–Trinajstić information content (AvgIpc) is 2.77. The molecule has 1 heterocycles. The van der Waals surface area contributed by atoms with E-state index in [4.69, 9.17) is 9.97 Å². The molecule has 2 nitrogen and oxygen atoms in total. The minimum absolute atomic E-state index is 0.883. The summed E-state index contributed by atoms with van der Waals surface area (Å²) >= 11 is 1.75. The molecule has 4 aromatic rings. The summed E-state index contributed by atoms with van der Waals surface area (Å²) < 4.78 is 0. The maximum Gasteiger partial charge on any atom is 0.188 e. The van der Waals surface area contributed by atoms with Gasteiger partial charge in [0.15, 0.2) is 5.16 Å². The predicted octanol–water partition coefficient (Wildman–Crippen LogP) is 6.47. The smallest absolute Gasteiger partial charge is 0.188 e. The van der Waals surface area contributed by atoms with Crippen LogP contribution in [0.25, 0.3) is 22.0 Å². The molecule has 0 amide bonds. The van der Waals surface area contributed by atoms with Crippen molar-refractivity contribution >= 4 is 22.5 Å². The second-order valence-electron chi connectivity index (χ2n) is 7.28. The van der Waals surface area contributed by atoms with Crippen LogP contribution in [-0.2, 0) is 18.6 Å². The quantitative estimate of drug-likeness (QED) is 0.299. The van der Waals surface area contributed by atoms with Gasteiger partial charge in [0, 0.05) is 22.6 Å². The van der Waals surface area contributed by atoms with Gasteiger partial charge in [-0.2, -0.15) is 0 Å². The van der Waals surface area contributed by atoms with Gasteiger partial charge in [-0.15, -0.1) is 0 Å². The molecule has 3 aromatic carbocycles. The zero-order chi connectivity index (χ0) is 18.8. The van der Waals surface area contributed by atoms with Crippen LogP contribution in [0.2, 0.25) is 0 Å². The molecule has 0 unspecified atom stereocenters. The molecule has 3 heteroatoms. The number of aromatic nitrogens is 2. The molecule has 0 bridgehead atoms. The van der Waals surface area contributed by atoms with Gasteiger partial charge in [-0.05, 0) is 42.0 Å². The Bertz CT molecular complexity index is 1120. The molecule has 0 atom stereocenters. The highest BCUT2D eigenvalue weighted by Gasteiger charge is 2.19. The minimum atomic E-state index is 0.883. The van der Waals surface area contributed by atoms with Crippen molar-refractivity contribution in [3.05, 3.63) is 89.6 Å². The lowest BCUT2D eigenvalue weighted by molar-refractivity contribution is 0.651. The number of nitrogens with zero attached hydrogens (tertiary/aromatic N) is 2. The van der Waals surface area contributed by atoms with E-state index in [-0.39, 0.29) is 0 Å². The van der Waals surface area contributed by atoms with Gasteiger partial charge in [-0.3, -0.25) is 0 Å². The largest absolute Gasteiger partial charge is 0.227 e. The summed E-state index contributed by atoms with van der Waals surface area (Å²) in [7, 11) is 0. The fourth-order valence-corrected chi connectivity index (χ4v) is 4.90. The van der Waals surface area contributed by atoms with E-state index in [0.29, 0.717) is 0 Å². The number of hydrogen-bond acceptors (Lipinski definition) is 3. The Balaban J connectivity index is 1.50. The van der Waals surface area contributed by atoms with E-state index in [0.717, 1.165) is 29.4 Å². The van der Waals surface area contributed by atoms with Crippen LogP contribution in [-0.4, -0.2) is 9.97 Å². The molecule has 5 rings (SSSR count). The van der Waals surface area contributed by atoms with E-state index in [1.807, 2.05) is 0 Å². The van der Waals surface area contributed by atoms with Gasteiger partial charge < -0.3 is 0 Å². The van der Waals surface area contributed by atoms with Gasteiger partial charge >= 0.3 is 0 Å². The van der Waals surface area contributed by atoms with E-state index in [1.165, 1.54) is 46.0 Å². The fraction of sp³-hybridized carbons (Fsp3) is 0.200. The normalized spacial score (nSPS) is 13.4. The van der Waals surface area contributed by atoms with Crippen molar-refractivity contribution < 1.29 is 0 Å². The highest BCUT2D eigenvalue weighted by Crippen LogP contribution is 2.33. The van der Waals surface area contributed by atoms with Gasteiger partial charge in [0.25, 0.3) is 0 Å². The molecule has 0 aliphatic heterocycles. The van der Waals surface area contributed by atoms with Crippen molar-refractivity contribution in [2.75, 3.05) is 0 Å². The minimum Gasteiger partial charge on any atom is -0.227 e. The molecular weight excluding hydrogens is 360 g/mol. The van der Waals surface area contributed by atoms with E-state index in [1.54, 1.807) is 11.8 Å². The Kier molecular flexibility index (Phi) is 4.84. The van der Waals surface area contributed by atoms with Gasteiger partial charge in [0.2, 0.25) is 0 Å². The molecule has 0 spiro atoms. The third-order valence-corrected chi connectivity index (χ3v) is 6.34. The van der Waals surface area contributed by atoms with E-state index in [2.05, 4.69) is 72.8 Å². The van der Waals surface area contributed by atoms with Crippen LogP contribution in [0.1, 0.15) is 29.7 Å². The lowest BCUT2D eigenvalue weighted by Gasteiger charge is -2.19. The molecular formula is C25H22N2S. The summed E-state index contributed by atoms with van der Waals surface area (Å²) in [6, 6.07) is 25.7. The van der Waals surface area contributed by atoms with Gasteiger partial charge in [-0.1, -0.05) is 84.6 Å². The summed E-state index contributed by atoms with van der Waals surface area (Å²) in [4.78, 5) is 9.95. The molecule has 0 saturated heterocycles. The van der Waals surface area contributed by atoms with Crippen molar-refractivity contribution in [3.8, 4) is 11.3 Å². The molecule has 0 fully saturated rings. The molecule has 138 valence electrons. The average molecular weight is 383 g/mol. The number of benzene rings is 3. The van der Waals surface area contributed by atoms with Crippen molar-refractivity contribution in [1.29, 1.82) is 0 Å². The Hall–Kier alpha value is -2.65. The van der Waals surface area contributed by atoms with E-state index >= 15 is 0 Å². The first-order valence-electron chi connectivity index (χ1n) is 9.93. The van der Waals surface area contributed by atoms with Crippen LogP contribution >= 0.6 is 11.8 Å². The number of aryl methyl sites for hydroxylation is 1. The van der Waals surface area contributed by atoms with E-state index in [9.17, 15) is 0 Å². The number of rotatable bonds is 4. The maximum absolute atomic E-state index is 5.00. The Morgan fingerprint density at radius 2 is 1.54 bits per heavy atom. The first kappa shape index (κ1) is 17.4. The second-order valence-corrected chi connectivity index (χ2v) is 8.22. The number of hydrogen-bond donors (Lipinski definition) is 0. The first-order valence-corrected chi connectivity index (χ1v) is 10.9. The van der Waals surface area contributed by atoms with Crippen LogP contribution in [0.5, 0.6) is 0 Å². The van der Waals surface area contributed by atoms with Crippen LogP contribution < -0.4 is 0 Å². The predicted molar refractivity (Wildman–Crippen MR) is 118 cm³/mol. The second kappa shape index (κ2) is 7.76. The number of fused-ring (bicyclic) bond motifs is 2. The Morgan fingerprint density at radius 1 is 0.750 bits per heavy atom. The van der Waals surface area contributed by atoms with Crippen molar-refractivity contribution in [1.82, 2.24) is 9.97 Å². The Labute approximate surface area is 170 Å². The number of thioether (sulfide) groups is 1. The summed E-state index contributed by atoms with van der Waals surface area (Å²) in [6.07, 6.45) is 4.62. The molecule has 0 N–H and O–H groups in total. The summed E-state index contributed by atoms with van der Waals surface area (Å²) in [5, 5.41) is 3.50. The van der Waals surface area contributed by atoms with Gasteiger partial charge in [0.1, 0.15) is 0 Å². The maximum atomic E-state index is 5.00. The standard InChI is InChI=1S/C25H22N2S/c1-2-10-19(11-3-1)24-22-15-6-7-16-23(22)26-25(27-24)28-17-20-13-8-12-18-9-4-5-14-21(18)20/h1-5,8-14H,6-7,15-17H2. The van der Waals surface area contributed by atoms with Gasteiger partial charge in [-0.25, -0.2) is 9.97 Å². The third-order valence-electron chi connectivity index (χ3n) is 5.45. The summed E-state index contributed by atoms with van der Waals surface area (Å²) in [5.41, 5.74) is 6.28. The lowest BCUT2D eigenvalue weighted by atomic mass is 9.92. The SMILES string of the molecule is c1ccc(-c2nc(SCc3cccc4ccccc34)nc3c2CCCC3)cc1. The van der Waals surface area contributed by atoms with Gasteiger partial charge in [0.05, 0.1) is 5.69 Å². The van der Waals surface area contributed by atoms with Crippen LogP contribution in [0.3, 0.4) is 0 Å². The van der Waals surface area contributed by atoms with Crippen molar-refractivity contribution in [2.24, 2.45) is 0 Å². The lowest BCUT2D eigenvalue weighted by Crippen LogP contribution is -2.10. The van der Waals surface area contributed by atoms with Crippen molar-refractivity contribution in [3.63, 3.8) is 0 Å². The highest BCUT2D eigenvalue weighted by atomic mass is 32.2. The zero-order valence-electron chi connectivity index (χ0n) is 15.8.